The molecule has 7 nitrogen and oxygen atoms in total. The summed E-state index contributed by atoms with van der Waals surface area (Å²) >= 11 is 1.66. The van der Waals surface area contributed by atoms with E-state index < -0.39 is 5.79 Å². The van der Waals surface area contributed by atoms with Gasteiger partial charge in [0.1, 0.15) is 0 Å². The topological polar surface area (TPSA) is 74.9 Å². The number of ether oxygens (including phenoxy) is 2. The van der Waals surface area contributed by atoms with Gasteiger partial charge in [-0.3, -0.25) is 9.59 Å². The molecule has 3 aromatic rings. The first-order valence-electron chi connectivity index (χ1n) is 14.3. The van der Waals surface area contributed by atoms with Crippen molar-refractivity contribution < 1.29 is 14.3 Å². The van der Waals surface area contributed by atoms with Crippen molar-refractivity contribution >= 4 is 17.2 Å². The Hall–Kier alpha value is -3.10. The number of amides is 1. The minimum absolute atomic E-state index is 0.0533. The molecule has 4 heterocycles. The summed E-state index contributed by atoms with van der Waals surface area (Å²) in [7, 11) is 4.31. The van der Waals surface area contributed by atoms with Crippen LogP contribution in [0.2, 0.25) is 0 Å². The van der Waals surface area contributed by atoms with E-state index in [1.54, 1.807) is 11.3 Å². The quantitative estimate of drug-likeness (QED) is 0.424. The summed E-state index contributed by atoms with van der Waals surface area (Å²) in [6.07, 6.45) is 5.01. The molecule has 0 spiro atoms. The molecule has 1 N–H and O–H groups in total. The van der Waals surface area contributed by atoms with Crippen LogP contribution in [0.4, 0.5) is 0 Å². The number of H-pyrrole nitrogens is 1. The first kappa shape index (κ1) is 27.1. The molecule has 1 amide bonds. The second kappa shape index (κ2) is 10.1. The third kappa shape index (κ3) is 4.45. The van der Waals surface area contributed by atoms with Crippen LogP contribution in [0, 0.1) is 26.7 Å². The van der Waals surface area contributed by atoms with Crippen molar-refractivity contribution in [2.75, 3.05) is 20.6 Å². The number of nitrogens with zero attached hydrogens (tertiary/aromatic N) is 2. The molecule has 2 aliphatic heterocycles. The lowest BCUT2D eigenvalue weighted by Gasteiger charge is -2.39. The van der Waals surface area contributed by atoms with Gasteiger partial charge in [-0.15, -0.1) is 11.3 Å². The highest BCUT2D eigenvalue weighted by Crippen LogP contribution is 2.55. The number of rotatable bonds is 5. The van der Waals surface area contributed by atoms with Crippen LogP contribution in [0.3, 0.4) is 0 Å². The fourth-order valence-electron chi connectivity index (χ4n) is 6.96. The average molecular weight is 562 g/mol. The molecule has 2 aromatic heterocycles. The van der Waals surface area contributed by atoms with Crippen LogP contribution in [0.25, 0.3) is 10.4 Å². The minimum Gasteiger partial charge on any atom is -0.448 e. The van der Waals surface area contributed by atoms with Gasteiger partial charge in [-0.2, -0.15) is 0 Å². The Balaban J connectivity index is 1.38. The summed E-state index contributed by atoms with van der Waals surface area (Å²) < 4.78 is 13.6. The first-order valence-corrected chi connectivity index (χ1v) is 15.2. The van der Waals surface area contributed by atoms with E-state index in [0.29, 0.717) is 35.9 Å². The van der Waals surface area contributed by atoms with Crippen molar-refractivity contribution in [2.24, 2.45) is 5.92 Å². The van der Waals surface area contributed by atoms with Crippen molar-refractivity contribution in [3.63, 3.8) is 0 Å². The Labute approximate surface area is 240 Å². The molecular weight excluding hydrogens is 522 g/mol. The van der Waals surface area contributed by atoms with E-state index in [4.69, 9.17) is 9.47 Å². The fraction of sp³-hybridized carbons (Fsp3) is 0.500. The molecule has 3 aliphatic rings. The summed E-state index contributed by atoms with van der Waals surface area (Å²) in [4.78, 5) is 35.0. The molecule has 1 atom stereocenters. The van der Waals surface area contributed by atoms with E-state index in [0.717, 1.165) is 64.3 Å². The lowest BCUT2D eigenvalue weighted by molar-refractivity contribution is -0.123. The summed E-state index contributed by atoms with van der Waals surface area (Å²) in [6.45, 7) is 8.70. The number of fused-ring (bicyclic) bond motifs is 2. The van der Waals surface area contributed by atoms with Crippen LogP contribution >= 0.6 is 11.3 Å². The highest BCUT2D eigenvalue weighted by molar-refractivity contribution is 7.13. The van der Waals surface area contributed by atoms with Crippen molar-refractivity contribution in [3.8, 4) is 21.9 Å². The third-order valence-electron chi connectivity index (χ3n) is 9.27. The van der Waals surface area contributed by atoms with E-state index in [1.807, 2.05) is 37.8 Å². The van der Waals surface area contributed by atoms with Gasteiger partial charge in [0.25, 0.3) is 17.3 Å². The molecular formula is C32H39N3O4S. The van der Waals surface area contributed by atoms with Crippen LogP contribution in [0.5, 0.6) is 11.5 Å². The van der Waals surface area contributed by atoms with Gasteiger partial charge in [0.2, 0.25) is 0 Å². The fourth-order valence-corrected chi connectivity index (χ4v) is 7.76. The molecule has 0 radical (unpaired) electrons. The second-order valence-corrected chi connectivity index (χ2v) is 13.0. The Morgan fingerprint density at radius 2 is 1.80 bits per heavy atom. The van der Waals surface area contributed by atoms with E-state index in [2.05, 4.69) is 42.3 Å². The Kier molecular flexibility index (Phi) is 6.82. The lowest BCUT2D eigenvalue weighted by Crippen LogP contribution is -2.46. The van der Waals surface area contributed by atoms with Crippen molar-refractivity contribution in [1.82, 2.24) is 14.8 Å². The Morgan fingerprint density at radius 1 is 1.07 bits per heavy atom. The van der Waals surface area contributed by atoms with E-state index in [-0.39, 0.29) is 23.9 Å². The highest BCUT2D eigenvalue weighted by atomic mass is 32.1. The number of hydrogen-bond donors (Lipinski definition) is 1. The largest absolute Gasteiger partial charge is 0.448 e. The van der Waals surface area contributed by atoms with Crippen molar-refractivity contribution in [3.05, 3.63) is 67.4 Å². The van der Waals surface area contributed by atoms with Gasteiger partial charge in [-0.25, -0.2) is 0 Å². The van der Waals surface area contributed by atoms with Gasteiger partial charge in [0.05, 0.1) is 12.1 Å². The molecule has 212 valence electrons. The van der Waals surface area contributed by atoms with Gasteiger partial charge >= 0.3 is 0 Å². The Bertz CT molecular complexity index is 1520. The number of nitrogens with one attached hydrogen (secondary N) is 1. The molecule has 1 fully saturated rings. The zero-order valence-electron chi connectivity index (χ0n) is 24.3. The SMILES string of the molecule is Cc1cc(C)c(CN2CCc3c(c(C)c4c(c3-c3cccs3)OC(C)([C@H]3CC[C@H](N(C)C)CC3)O4)C2=O)c(=O)[nH]1. The number of carbonyl (C=O) groups excluding carboxylic acids is 1. The number of aromatic nitrogens is 1. The van der Waals surface area contributed by atoms with Crippen LogP contribution in [-0.2, 0) is 13.0 Å². The molecule has 1 aromatic carbocycles. The summed E-state index contributed by atoms with van der Waals surface area (Å²) in [5.41, 5.74) is 5.79. The predicted molar refractivity (Wildman–Crippen MR) is 159 cm³/mol. The maximum Gasteiger partial charge on any atom is 0.254 e. The molecule has 6 rings (SSSR count). The molecule has 0 bridgehead atoms. The predicted octanol–water partition coefficient (Wildman–Crippen LogP) is 5.83. The normalized spacial score (nSPS) is 24.1. The van der Waals surface area contributed by atoms with Crippen molar-refractivity contribution in [1.29, 1.82) is 0 Å². The van der Waals surface area contributed by atoms with E-state index in [1.165, 1.54) is 0 Å². The minimum atomic E-state index is -0.768. The van der Waals surface area contributed by atoms with Crippen LogP contribution < -0.4 is 15.0 Å². The number of pyridine rings is 1. The number of benzene rings is 1. The highest BCUT2D eigenvalue weighted by Gasteiger charge is 2.49. The third-order valence-corrected chi connectivity index (χ3v) is 10.2. The number of hydrogen-bond acceptors (Lipinski definition) is 6. The van der Waals surface area contributed by atoms with E-state index >= 15 is 0 Å². The van der Waals surface area contributed by atoms with Gasteiger partial charge in [-0.05, 0) is 95.6 Å². The van der Waals surface area contributed by atoms with Gasteiger partial charge in [0.15, 0.2) is 11.5 Å². The van der Waals surface area contributed by atoms with Gasteiger partial charge in [0, 0.05) is 52.7 Å². The zero-order chi connectivity index (χ0) is 28.3. The summed E-state index contributed by atoms with van der Waals surface area (Å²) in [6, 6.07) is 6.69. The van der Waals surface area contributed by atoms with Gasteiger partial charge < -0.3 is 24.3 Å². The molecule has 1 saturated carbocycles. The van der Waals surface area contributed by atoms with E-state index in [9.17, 15) is 9.59 Å². The average Bonchev–Trinajstić information content (AvgIpc) is 3.56. The second-order valence-electron chi connectivity index (χ2n) is 12.1. The van der Waals surface area contributed by atoms with Crippen LogP contribution in [0.1, 0.15) is 70.9 Å². The zero-order valence-corrected chi connectivity index (χ0v) is 25.2. The number of aromatic amines is 1. The maximum absolute atomic E-state index is 14.1. The van der Waals surface area contributed by atoms with Crippen LogP contribution in [0.15, 0.2) is 28.4 Å². The van der Waals surface area contributed by atoms with Crippen molar-refractivity contribution in [2.45, 2.75) is 78.2 Å². The smallest absolute Gasteiger partial charge is 0.254 e. The standard InChI is InChI=1S/C32H39N3O4S/c1-18-16-19(2)33-30(36)24(18)17-35-14-13-23-26(31(35)37)20(3)28-29(27(23)25-8-7-15-40-25)39-32(4,38-28)21-9-11-22(12-10-21)34(5)6/h7-8,15-16,21-22H,9-14,17H2,1-6H3,(H,33,36)/t21-,22-,32?. The van der Waals surface area contributed by atoms with Crippen LogP contribution in [-0.4, -0.2) is 53.2 Å². The summed E-state index contributed by atoms with van der Waals surface area (Å²) in [5.74, 6) is 0.923. The summed E-state index contributed by atoms with van der Waals surface area (Å²) in [5, 5.41) is 2.06. The van der Waals surface area contributed by atoms with Gasteiger partial charge in [-0.1, -0.05) is 6.07 Å². The first-order chi connectivity index (χ1) is 19.1. The molecule has 1 unspecified atom stereocenters. The Morgan fingerprint density at radius 3 is 2.45 bits per heavy atom. The molecule has 1 aliphatic carbocycles. The molecule has 0 saturated heterocycles. The maximum atomic E-state index is 14.1. The number of thiophene rings is 1. The monoisotopic (exact) mass is 561 g/mol. The molecule has 8 heteroatoms. The number of aryl methyl sites for hydroxylation is 2. The number of carbonyl (C=O) groups is 1. The lowest BCUT2D eigenvalue weighted by atomic mass is 9.81. The molecule has 40 heavy (non-hydrogen) atoms.